The van der Waals surface area contributed by atoms with Crippen LogP contribution in [0.1, 0.15) is 6.92 Å². The molecule has 1 nitrogen and oxygen atoms in total. The second kappa shape index (κ2) is 2.93. The van der Waals surface area contributed by atoms with Crippen molar-refractivity contribution >= 4 is 8.07 Å². The molecular weight excluding hydrogens is 128 g/mol. The molecule has 0 aliphatic rings. The molecule has 0 aromatic heterocycles. The number of rotatable bonds is 1. The van der Waals surface area contributed by atoms with E-state index in [0.717, 1.165) is 0 Å². The minimum Gasteiger partial charge on any atom is -0.462 e. The highest BCUT2D eigenvalue weighted by Crippen LogP contribution is 2.18. The third kappa shape index (κ3) is 3.20. The average molecular weight is 142 g/mol. The van der Waals surface area contributed by atoms with E-state index in [1.807, 2.05) is 6.11 Å². The van der Waals surface area contributed by atoms with Gasteiger partial charge in [0.25, 0.3) is 0 Å². The van der Waals surface area contributed by atoms with E-state index in [2.05, 4.69) is 32.5 Å². The van der Waals surface area contributed by atoms with E-state index in [1.165, 1.54) is 0 Å². The van der Waals surface area contributed by atoms with E-state index in [0.29, 0.717) is 5.54 Å². The Morgan fingerprint density at radius 1 is 1.33 bits per heavy atom. The zero-order valence-corrected chi connectivity index (χ0v) is 7.52. The quantitative estimate of drug-likeness (QED) is 0.439. The van der Waals surface area contributed by atoms with Crippen molar-refractivity contribution in [2.45, 2.75) is 32.1 Å². The topological polar surface area (TPSA) is 20.2 Å². The van der Waals surface area contributed by atoms with Crippen LogP contribution in [0.25, 0.3) is 0 Å². The van der Waals surface area contributed by atoms with Crippen LogP contribution in [0.5, 0.6) is 0 Å². The highest BCUT2D eigenvalue weighted by atomic mass is 28.3. The predicted molar refractivity (Wildman–Crippen MR) is 42.5 cm³/mol. The molecule has 9 heavy (non-hydrogen) atoms. The molecule has 0 rings (SSSR count). The van der Waals surface area contributed by atoms with Gasteiger partial charge in [-0.1, -0.05) is 32.5 Å². The van der Waals surface area contributed by atoms with Gasteiger partial charge in [0.05, 0.1) is 8.07 Å². The first-order valence-corrected chi connectivity index (χ1v) is 6.71. The Morgan fingerprint density at radius 2 is 1.78 bits per heavy atom. The van der Waals surface area contributed by atoms with Crippen molar-refractivity contribution < 1.29 is 5.11 Å². The third-order valence-corrected chi connectivity index (χ3v) is 4.32. The molecular formula is C7H14OSi. The van der Waals surface area contributed by atoms with Gasteiger partial charge in [-0.3, -0.25) is 0 Å². The van der Waals surface area contributed by atoms with Gasteiger partial charge in [-0.25, -0.2) is 0 Å². The van der Waals surface area contributed by atoms with E-state index in [9.17, 15) is 0 Å². The van der Waals surface area contributed by atoms with Crippen molar-refractivity contribution in [1.82, 2.24) is 0 Å². The lowest BCUT2D eigenvalue weighted by Crippen LogP contribution is -2.24. The molecule has 1 unspecified atom stereocenters. The molecule has 1 atom stereocenters. The smallest absolute Gasteiger partial charge is 0.107 e. The van der Waals surface area contributed by atoms with Crippen molar-refractivity contribution in [2.24, 2.45) is 0 Å². The second-order valence-corrected chi connectivity index (χ2v) is 8.94. The summed E-state index contributed by atoms with van der Waals surface area (Å²) in [5, 5.41) is 8.26. The monoisotopic (exact) mass is 142 g/mol. The van der Waals surface area contributed by atoms with Crippen LogP contribution in [0.15, 0.2) is 0 Å². The summed E-state index contributed by atoms with van der Waals surface area (Å²) in [4.78, 5) is 0. The molecule has 0 aliphatic heterocycles. The van der Waals surface area contributed by atoms with Gasteiger partial charge >= 0.3 is 0 Å². The zero-order chi connectivity index (χ0) is 7.49. The fourth-order valence-corrected chi connectivity index (χ4v) is 0.811. The highest BCUT2D eigenvalue weighted by Gasteiger charge is 2.19. The second-order valence-electron chi connectivity index (χ2n) is 3.34. The summed E-state index contributed by atoms with van der Waals surface area (Å²) in [5.74, 6) is 2.75. The van der Waals surface area contributed by atoms with Gasteiger partial charge in [0, 0.05) is 5.54 Å². The Labute approximate surface area is 58.1 Å². The molecule has 0 radical (unpaired) electrons. The lowest BCUT2D eigenvalue weighted by molar-refractivity contribution is 0.516. The van der Waals surface area contributed by atoms with Gasteiger partial charge in [-0.05, 0) is 0 Å². The van der Waals surface area contributed by atoms with Crippen LogP contribution < -0.4 is 0 Å². The van der Waals surface area contributed by atoms with Gasteiger partial charge < -0.3 is 5.11 Å². The van der Waals surface area contributed by atoms with Crippen LogP contribution >= 0.6 is 0 Å². The van der Waals surface area contributed by atoms with Gasteiger partial charge in [-0.2, -0.15) is 0 Å². The fraction of sp³-hybridized carbons (Fsp3) is 0.714. The summed E-state index contributed by atoms with van der Waals surface area (Å²) in [6.45, 7) is 8.78. The summed E-state index contributed by atoms with van der Waals surface area (Å²) in [6.07, 6.45) is 1.96. The average Bonchev–Trinajstić information content (AvgIpc) is 1.64. The molecule has 1 N–H and O–H groups in total. The predicted octanol–water partition coefficient (Wildman–Crippen LogP) is 2.05. The van der Waals surface area contributed by atoms with Crippen LogP contribution in [-0.4, -0.2) is 13.2 Å². The summed E-state index contributed by atoms with van der Waals surface area (Å²) in [5.41, 5.74) is 0.391. The largest absolute Gasteiger partial charge is 0.462 e. The van der Waals surface area contributed by atoms with Crippen molar-refractivity contribution in [3.05, 3.63) is 0 Å². The SMILES string of the molecule is CC(C#CO)[Si](C)(C)C. The first-order chi connectivity index (χ1) is 3.98. The van der Waals surface area contributed by atoms with Crippen molar-refractivity contribution in [3.8, 4) is 12.0 Å². The molecule has 0 saturated heterocycles. The van der Waals surface area contributed by atoms with Crippen LogP contribution in [0.3, 0.4) is 0 Å². The van der Waals surface area contributed by atoms with Crippen molar-refractivity contribution in [3.63, 3.8) is 0 Å². The van der Waals surface area contributed by atoms with E-state index in [-0.39, 0.29) is 0 Å². The standard InChI is InChI=1S/C7H14OSi/c1-7(5-6-8)9(2,3)4/h7-8H,1-4H3. The van der Waals surface area contributed by atoms with Crippen molar-refractivity contribution in [2.75, 3.05) is 0 Å². The Balaban J connectivity index is 3.99. The first kappa shape index (κ1) is 8.58. The number of aliphatic hydroxyl groups excluding tert-OH is 1. The molecule has 0 amide bonds. The Hall–Kier alpha value is -0.423. The lowest BCUT2D eigenvalue weighted by atomic mass is 10.5. The Bertz CT molecular complexity index is 135. The van der Waals surface area contributed by atoms with E-state index < -0.39 is 8.07 Å². The Kier molecular flexibility index (Phi) is 2.79. The normalized spacial score (nSPS) is 13.8. The van der Waals surface area contributed by atoms with Crippen molar-refractivity contribution in [1.29, 1.82) is 0 Å². The van der Waals surface area contributed by atoms with Gasteiger partial charge in [0.2, 0.25) is 0 Å². The molecule has 0 aliphatic carbocycles. The Morgan fingerprint density at radius 3 is 1.89 bits per heavy atom. The van der Waals surface area contributed by atoms with Gasteiger partial charge in [0.1, 0.15) is 6.11 Å². The van der Waals surface area contributed by atoms with Crippen LogP contribution in [0.2, 0.25) is 25.2 Å². The van der Waals surface area contributed by atoms with Gasteiger partial charge in [-0.15, -0.1) is 0 Å². The minimum absolute atomic E-state index is 0.391. The van der Waals surface area contributed by atoms with E-state index in [4.69, 9.17) is 5.11 Å². The third-order valence-electron chi connectivity index (χ3n) is 1.58. The van der Waals surface area contributed by atoms with Crippen LogP contribution in [0.4, 0.5) is 0 Å². The molecule has 0 fully saturated rings. The number of hydrogen-bond acceptors (Lipinski definition) is 1. The molecule has 52 valence electrons. The molecule has 0 saturated carbocycles. The summed E-state index contributed by atoms with van der Waals surface area (Å²) < 4.78 is 0. The van der Waals surface area contributed by atoms with E-state index >= 15 is 0 Å². The molecule has 0 heterocycles. The van der Waals surface area contributed by atoms with Gasteiger partial charge in [0.15, 0.2) is 0 Å². The summed E-state index contributed by atoms with van der Waals surface area (Å²) in [7, 11) is -1.12. The molecule has 2 heteroatoms. The summed E-state index contributed by atoms with van der Waals surface area (Å²) in [6, 6.07) is 0. The molecule has 0 spiro atoms. The van der Waals surface area contributed by atoms with Crippen LogP contribution in [-0.2, 0) is 0 Å². The fourth-order valence-electron chi connectivity index (χ4n) is 0.313. The molecule has 0 aromatic rings. The highest BCUT2D eigenvalue weighted by molar-refractivity contribution is 6.78. The number of hydrogen-bond donors (Lipinski definition) is 1. The lowest BCUT2D eigenvalue weighted by Gasteiger charge is -2.18. The minimum atomic E-state index is -1.12. The van der Waals surface area contributed by atoms with E-state index in [1.54, 1.807) is 0 Å². The first-order valence-electron chi connectivity index (χ1n) is 3.13. The number of aliphatic hydroxyl groups is 1. The van der Waals surface area contributed by atoms with Crippen LogP contribution in [0, 0.1) is 12.0 Å². The maximum absolute atomic E-state index is 8.26. The summed E-state index contributed by atoms with van der Waals surface area (Å²) >= 11 is 0. The zero-order valence-electron chi connectivity index (χ0n) is 6.52. The molecule has 0 aromatic carbocycles. The maximum atomic E-state index is 8.26. The molecule has 0 bridgehead atoms. The maximum Gasteiger partial charge on any atom is 0.107 e.